The fourth-order valence-electron chi connectivity index (χ4n) is 2.45. The molecule has 0 unspecified atom stereocenters. The van der Waals surface area contributed by atoms with Gasteiger partial charge in [-0.2, -0.15) is 0 Å². The molecule has 1 aromatic heterocycles. The Hall–Kier alpha value is -1.94. The summed E-state index contributed by atoms with van der Waals surface area (Å²) < 4.78 is 5.25. The topological polar surface area (TPSA) is 42.4 Å². The number of aromatic nitrogens is 1. The summed E-state index contributed by atoms with van der Waals surface area (Å²) in [6.07, 6.45) is 1.21. The number of benzene rings is 1. The number of ether oxygens (including phenoxy) is 1. The number of aryl methyl sites for hydroxylation is 1. The van der Waals surface area contributed by atoms with Gasteiger partial charge in [0.2, 0.25) is 5.91 Å². The molecule has 0 bridgehead atoms. The van der Waals surface area contributed by atoms with Gasteiger partial charge in [-0.1, -0.05) is 24.3 Å². The highest BCUT2D eigenvalue weighted by Gasteiger charge is 2.16. The summed E-state index contributed by atoms with van der Waals surface area (Å²) in [6, 6.07) is 12.1. The van der Waals surface area contributed by atoms with Gasteiger partial charge in [0.15, 0.2) is 0 Å². The van der Waals surface area contributed by atoms with Crippen molar-refractivity contribution in [3.05, 3.63) is 42.1 Å². The number of amides is 1. The average Bonchev–Trinajstić information content (AvgIpc) is 2.53. The molecule has 0 spiro atoms. The molecule has 4 nitrogen and oxygen atoms in total. The van der Waals surface area contributed by atoms with Crippen LogP contribution in [0.3, 0.4) is 0 Å². The third-order valence-electron chi connectivity index (χ3n) is 3.61. The van der Waals surface area contributed by atoms with E-state index in [1.54, 1.807) is 0 Å². The zero-order valence-electron chi connectivity index (χ0n) is 11.4. The number of hydrogen-bond donors (Lipinski definition) is 0. The van der Waals surface area contributed by atoms with E-state index < -0.39 is 0 Å². The first-order chi connectivity index (χ1) is 9.83. The van der Waals surface area contributed by atoms with E-state index in [1.165, 1.54) is 0 Å². The van der Waals surface area contributed by atoms with Gasteiger partial charge in [-0.15, -0.1) is 0 Å². The van der Waals surface area contributed by atoms with Crippen molar-refractivity contribution in [1.82, 2.24) is 9.88 Å². The van der Waals surface area contributed by atoms with Gasteiger partial charge in [0.25, 0.3) is 0 Å². The minimum absolute atomic E-state index is 0.197. The lowest BCUT2D eigenvalue weighted by Crippen LogP contribution is -2.40. The normalized spacial score (nSPS) is 15.5. The number of morpholine rings is 1. The second-order valence-electron chi connectivity index (χ2n) is 4.99. The van der Waals surface area contributed by atoms with Crippen LogP contribution in [-0.2, 0) is 16.0 Å². The highest BCUT2D eigenvalue weighted by molar-refractivity contribution is 5.79. The third-order valence-corrected chi connectivity index (χ3v) is 3.61. The zero-order valence-corrected chi connectivity index (χ0v) is 11.4. The van der Waals surface area contributed by atoms with Crippen LogP contribution in [0.25, 0.3) is 10.9 Å². The second-order valence-corrected chi connectivity index (χ2v) is 4.99. The van der Waals surface area contributed by atoms with Gasteiger partial charge in [-0.3, -0.25) is 9.78 Å². The molecule has 1 fully saturated rings. The van der Waals surface area contributed by atoms with E-state index in [9.17, 15) is 4.79 Å². The number of para-hydroxylation sites is 1. The maximum Gasteiger partial charge on any atom is 0.223 e. The minimum Gasteiger partial charge on any atom is -0.378 e. The Balaban J connectivity index is 1.62. The Morgan fingerprint density at radius 1 is 1.15 bits per heavy atom. The summed E-state index contributed by atoms with van der Waals surface area (Å²) in [6.45, 7) is 2.73. The monoisotopic (exact) mass is 270 g/mol. The second kappa shape index (κ2) is 6.01. The van der Waals surface area contributed by atoms with E-state index in [1.807, 2.05) is 35.2 Å². The quantitative estimate of drug-likeness (QED) is 0.857. The summed E-state index contributed by atoms with van der Waals surface area (Å²) in [5.74, 6) is 0.197. The minimum atomic E-state index is 0.197. The number of rotatable bonds is 3. The largest absolute Gasteiger partial charge is 0.378 e. The molecular formula is C16H18N2O2. The highest BCUT2D eigenvalue weighted by Crippen LogP contribution is 2.13. The van der Waals surface area contributed by atoms with E-state index in [0.29, 0.717) is 39.1 Å². The van der Waals surface area contributed by atoms with Crippen LogP contribution in [0.1, 0.15) is 12.1 Å². The first-order valence-electron chi connectivity index (χ1n) is 7.03. The molecule has 2 aromatic rings. The maximum absolute atomic E-state index is 12.1. The summed E-state index contributed by atoms with van der Waals surface area (Å²) in [7, 11) is 0. The number of carbonyl (C=O) groups is 1. The Labute approximate surface area is 118 Å². The molecule has 1 aliphatic rings. The van der Waals surface area contributed by atoms with Crippen LogP contribution in [0, 0.1) is 0 Å². The van der Waals surface area contributed by atoms with E-state index >= 15 is 0 Å². The van der Waals surface area contributed by atoms with Crippen molar-refractivity contribution in [3.63, 3.8) is 0 Å². The summed E-state index contributed by atoms with van der Waals surface area (Å²) in [5, 5.41) is 1.13. The first-order valence-corrected chi connectivity index (χ1v) is 7.03. The number of carbonyl (C=O) groups excluding carboxylic acids is 1. The molecule has 1 aromatic carbocycles. The lowest BCUT2D eigenvalue weighted by atomic mass is 10.1. The van der Waals surface area contributed by atoms with Crippen LogP contribution < -0.4 is 0 Å². The smallest absolute Gasteiger partial charge is 0.223 e. The lowest BCUT2D eigenvalue weighted by Gasteiger charge is -2.26. The van der Waals surface area contributed by atoms with Gasteiger partial charge in [0.1, 0.15) is 0 Å². The maximum atomic E-state index is 12.1. The van der Waals surface area contributed by atoms with Crippen LogP contribution in [-0.4, -0.2) is 42.1 Å². The van der Waals surface area contributed by atoms with Crippen LogP contribution in [0.2, 0.25) is 0 Å². The molecule has 1 saturated heterocycles. The van der Waals surface area contributed by atoms with Gasteiger partial charge in [-0.05, 0) is 18.6 Å². The van der Waals surface area contributed by atoms with Gasteiger partial charge in [0, 0.05) is 30.6 Å². The van der Waals surface area contributed by atoms with Crippen molar-refractivity contribution in [2.45, 2.75) is 12.8 Å². The highest BCUT2D eigenvalue weighted by atomic mass is 16.5. The molecule has 1 amide bonds. The Morgan fingerprint density at radius 2 is 1.95 bits per heavy atom. The van der Waals surface area contributed by atoms with Crippen molar-refractivity contribution in [3.8, 4) is 0 Å². The molecule has 3 rings (SSSR count). The molecule has 2 heterocycles. The van der Waals surface area contributed by atoms with Gasteiger partial charge in [0.05, 0.1) is 18.7 Å². The molecule has 1 aliphatic heterocycles. The Morgan fingerprint density at radius 3 is 2.80 bits per heavy atom. The third kappa shape index (κ3) is 2.96. The fraction of sp³-hybridized carbons (Fsp3) is 0.375. The van der Waals surface area contributed by atoms with Crippen LogP contribution in [0.15, 0.2) is 36.4 Å². The lowest BCUT2D eigenvalue weighted by molar-refractivity contribution is -0.135. The average molecular weight is 270 g/mol. The van der Waals surface area contributed by atoms with Crippen LogP contribution in [0.5, 0.6) is 0 Å². The Bertz CT molecular complexity index is 606. The van der Waals surface area contributed by atoms with Crippen molar-refractivity contribution >= 4 is 16.8 Å². The first kappa shape index (κ1) is 13.1. The molecule has 0 radical (unpaired) electrons. The predicted molar refractivity (Wildman–Crippen MR) is 77.5 cm³/mol. The SMILES string of the molecule is O=C(CCc1ccc2ccccc2n1)N1CCOCC1. The molecule has 0 N–H and O–H groups in total. The molecule has 0 aliphatic carbocycles. The van der Waals surface area contributed by atoms with Crippen molar-refractivity contribution in [1.29, 1.82) is 0 Å². The summed E-state index contributed by atoms with van der Waals surface area (Å²) in [4.78, 5) is 18.6. The summed E-state index contributed by atoms with van der Waals surface area (Å²) >= 11 is 0. The van der Waals surface area contributed by atoms with Gasteiger partial charge in [-0.25, -0.2) is 0 Å². The van der Waals surface area contributed by atoms with E-state index in [-0.39, 0.29) is 5.91 Å². The van der Waals surface area contributed by atoms with E-state index in [4.69, 9.17) is 4.74 Å². The molecule has 0 atom stereocenters. The number of nitrogens with zero attached hydrogens (tertiary/aromatic N) is 2. The van der Waals surface area contributed by atoms with Gasteiger partial charge < -0.3 is 9.64 Å². The predicted octanol–water partition coefficient (Wildman–Crippen LogP) is 2.03. The van der Waals surface area contributed by atoms with Crippen LogP contribution >= 0.6 is 0 Å². The van der Waals surface area contributed by atoms with E-state index in [2.05, 4.69) is 11.1 Å². The van der Waals surface area contributed by atoms with E-state index in [0.717, 1.165) is 16.6 Å². The molecule has 0 saturated carbocycles. The molecular weight excluding hydrogens is 252 g/mol. The fourth-order valence-corrected chi connectivity index (χ4v) is 2.45. The van der Waals surface area contributed by atoms with Crippen molar-refractivity contribution in [2.24, 2.45) is 0 Å². The van der Waals surface area contributed by atoms with Crippen molar-refractivity contribution < 1.29 is 9.53 Å². The number of hydrogen-bond acceptors (Lipinski definition) is 3. The van der Waals surface area contributed by atoms with Gasteiger partial charge >= 0.3 is 0 Å². The Kier molecular flexibility index (Phi) is 3.92. The number of fused-ring (bicyclic) bond motifs is 1. The zero-order chi connectivity index (χ0) is 13.8. The number of pyridine rings is 1. The molecule has 4 heteroatoms. The van der Waals surface area contributed by atoms with Crippen molar-refractivity contribution in [2.75, 3.05) is 26.3 Å². The van der Waals surface area contributed by atoms with Crippen LogP contribution in [0.4, 0.5) is 0 Å². The summed E-state index contributed by atoms with van der Waals surface area (Å²) in [5.41, 5.74) is 1.97. The standard InChI is InChI=1S/C16H18N2O2/c19-16(18-9-11-20-12-10-18)8-7-14-6-5-13-3-1-2-4-15(13)17-14/h1-6H,7-12H2. The molecule has 20 heavy (non-hydrogen) atoms. The molecule has 104 valence electrons.